The summed E-state index contributed by atoms with van der Waals surface area (Å²) in [6.45, 7) is 4.02. The Morgan fingerprint density at radius 1 is 1.17 bits per heavy atom. The minimum Gasteiger partial charge on any atom is -0.312 e. The van der Waals surface area contributed by atoms with Gasteiger partial charge in [-0.25, -0.2) is 4.39 Å². The molecule has 0 aliphatic carbocycles. The zero-order valence-electron chi connectivity index (χ0n) is 17.0. The van der Waals surface area contributed by atoms with Crippen LogP contribution in [0, 0.1) is 19.7 Å². The Balaban J connectivity index is 1.72. The number of amides is 1. The number of carbonyl (C=O) groups excluding carboxylic acids is 1. The summed E-state index contributed by atoms with van der Waals surface area (Å²) in [6, 6.07) is 12.3. The lowest BCUT2D eigenvalue weighted by Gasteiger charge is -2.28. The number of hydrogen-bond acceptors (Lipinski definition) is 4. The highest BCUT2D eigenvalue weighted by molar-refractivity contribution is 7.98. The largest absolute Gasteiger partial charge is 0.312 e. The van der Waals surface area contributed by atoms with Gasteiger partial charge in [-0.2, -0.15) is 4.98 Å². The molecule has 0 fully saturated rings. The van der Waals surface area contributed by atoms with Crippen molar-refractivity contribution in [1.82, 2.24) is 9.55 Å². The van der Waals surface area contributed by atoms with Gasteiger partial charge in [0.25, 0.3) is 5.56 Å². The molecule has 1 aliphatic heterocycles. The van der Waals surface area contributed by atoms with Crippen LogP contribution in [0.5, 0.6) is 0 Å². The molecule has 7 heteroatoms. The number of aromatic nitrogens is 2. The van der Waals surface area contributed by atoms with Gasteiger partial charge >= 0.3 is 0 Å². The number of nitrogens with zero attached hydrogens (tertiary/aromatic N) is 2. The minimum atomic E-state index is -0.324. The maximum Gasteiger partial charge on any atom is 0.279 e. The van der Waals surface area contributed by atoms with Gasteiger partial charge in [0.1, 0.15) is 11.6 Å². The molecule has 0 saturated heterocycles. The summed E-state index contributed by atoms with van der Waals surface area (Å²) in [5.74, 6) is 0.300. The van der Waals surface area contributed by atoms with Crippen molar-refractivity contribution >= 4 is 23.5 Å². The number of nitrogens with one attached hydrogen (secondary N) is 1. The number of anilines is 1. The van der Waals surface area contributed by atoms with Gasteiger partial charge in [-0.1, -0.05) is 47.7 Å². The molecule has 1 aromatic heterocycles. The molecule has 1 atom stereocenters. The molecule has 5 nitrogen and oxygen atoms in total. The van der Waals surface area contributed by atoms with Gasteiger partial charge in [0, 0.05) is 25.1 Å². The van der Waals surface area contributed by atoms with Gasteiger partial charge < -0.3 is 9.88 Å². The molecule has 1 amide bonds. The average Bonchev–Trinajstić information content (AvgIpc) is 2.70. The second-order valence-electron chi connectivity index (χ2n) is 7.60. The molecular formula is C23H22FN3O2S. The highest BCUT2D eigenvalue weighted by Crippen LogP contribution is 2.37. The SMILES string of the molecule is Cc1ccc([C@H]2CC(=O)Nc3c2c(=O)nc(SCc2ccc(F)cc2)n3C)c(C)c1. The van der Waals surface area contributed by atoms with Crippen LogP contribution >= 0.6 is 11.8 Å². The molecule has 1 aliphatic rings. The summed E-state index contributed by atoms with van der Waals surface area (Å²) < 4.78 is 14.9. The van der Waals surface area contributed by atoms with Crippen molar-refractivity contribution in [2.75, 3.05) is 5.32 Å². The fourth-order valence-corrected chi connectivity index (χ4v) is 4.80. The predicted molar refractivity (Wildman–Crippen MR) is 116 cm³/mol. The smallest absolute Gasteiger partial charge is 0.279 e. The van der Waals surface area contributed by atoms with Crippen LogP contribution in [-0.4, -0.2) is 15.5 Å². The quantitative estimate of drug-likeness (QED) is 0.502. The number of halogens is 1. The standard InChI is InChI=1S/C23H22FN3O2S/c1-13-4-9-17(14(2)10-13)18-11-19(28)25-21-20(18)22(29)26-23(27(21)3)30-12-15-5-7-16(24)8-6-15/h4-10,18H,11-12H2,1-3H3,(H,25,28)/t18-/m1/s1. The van der Waals surface area contributed by atoms with Gasteiger partial charge in [-0.3, -0.25) is 9.59 Å². The van der Waals surface area contributed by atoms with Crippen LogP contribution in [0.2, 0.25) is 0 Å². The summed E-state index contributed by atoms with van der Waals surface area (Å²) in [5, 5.41) is 3.37. The Morgan fingerprint density at radius 3 is 2.60 bits per heavy atom. The first-order chi connectivity index (χ1) is 14.3. The third-order valence-corrected chi connectivity index (χ3v) is 6.48. The Labute approximate surface area is 178 Å². The molecule has 0 spiro atoms. The molecule has 0 radical (unpaired) electrons. The molecule has 0 saturated carbocycles. The van der Waals surface area contributed by atoms with E-state index >= 15 is 0 Å². The lowest BCUT2D eigenvalue weighted by molar-refractivity contribution is -0.116. The number of fused-ring (bicyclic) bond motifs is 1. The van der Waals surface area contributed by atoms with Crippen LogP contribution < -0.4 is 10.9 Å². The number of rotatable bonds is 4. The van der Waals surface area contributed by atoms with E-state index in [1.807, 2.05) is 26.0 Å². The number of hydrogen-bond donors (Lipinski definition) is 1. The van der Waals surface area contributed by atoms with Gasteiger partial charge in [-0.15, -0.1) is 0 Å². The average molecular weight is 424 g/mol. The molecule has 1 N–H and O–H groups in total. The van der Waals surface area contributed by atoms with Crippen molar-refractivity contribution in [2.24, 2.45) is 7.05 Å². The van der Waals surface area contributed by atoms with E-state index in [4.69, 9.17) is 0 Å². The maximum absolute atomic E-state index is 13.1. The van der Waals surface area contributed by atoms with E-state index in [9.17, 15) is 14.0 Å². The lowest BCUT2D eigenvalue weighted by Crippen LogP contribution is -2.33. The number of aryl methyl sites for hydroxylation is 2. The fraction of sp³-hybridized carbons (Fsp3) is 0.261. The van der Waals surface area contributed by atoms with E-state index in [-0.39, 0.29) is 29.6 Å². The number of benzene rings is 2. The van der Waals surface area contributed by atoms with Crippen molar-refractivity contribution in [2.45, 2.75) is 37.1 Å². The Morgan fingerprint density at radius 2 is 1.90 bits per heavy atom. The van der Waals surface area contributed by atoms with Crippen molar-refractivity contribution in [1.29, 1.82) is 0 Å². The molecule has 30 heavy (non-hydrogen) atoms. The summed E-state index contributed by atoms with van der Waals surface area (Å²) in [5.41, 5.74) is 4.28. The number of carbonyl (C=O) groups is 1. The van der Waals surface area contributed by atoms with Gasteiger partial charge in [0.2, 0.25) is 5.91 Å². The zero-order chi connectivity index (χ0) is 21.4. The van der Waals surface area contributed by atoms with Gasteiger partial charge in [-0.05, 0) is 42.7 Å². The zero-order valence-corrected chi connectivity index (χ0v) is 17.8. The molecule has 3 aromatic rings. The first kappa shape index (κ1) is 20.3. The third-order valence-electron chi connectivity index (χ3n) is 5.38. The topological polar surface area (TPSA) is 64.0 Å². The fourth-order valence-electron chi connectivity index (χ4n) is 3.88. The normalized spacial score (nSPS) is 15.6. The van der Waals surface area contributed by atoms with Crippen molar-refractivity contribution in [3.63, 3.8) is 0 Å². The summed E-state index contributed by atoms with van der Waals surface area (Å²) >= 11 is 1.37. The van der Waals surface area contributed by atoms with E-state index in [0.717, 1.165) is 22.3 Å². The van der Waals surface area contributed by atoms with E-state index < -0.39 is 0 Å². The lowest BCUT2D eigenvalue weighted by atomic mass is 9.84. The maximum atomic E-state index is 13.1. The highest BCUT2D eigenvalue weighted by atomic mass is 32.2. The summed E-state index contributed by atoms with van der Waals surface area (Å²) in [7, 11) is 1.79. The minimum absolute atomic E-state index is 0.122. The van der Waals surface area contributed by atoms with Crippen LogP contribution in [0.15, 0.2) is 52.4 Å². The molecule has 2 heterocycles. The third kappa shape index (κ3) is 3.89. The Hall–Kier alpha value is -2.93. The van der Waals surface area contributed by atoms with Crippen molar-refractivity contribution in [3.8, 4) is 0 Å². The Bertz CT molecular complexity index is 1190. The van der Waals surface area contributed by atoms with Gasteiger partial charge in [0.15, 0.2) is 5.16 Å². The Kier molecular flexibility index (Phi) is 5.47. The van der Waals surface area contributed by atoms with Crippen LogP contribution in [0.1, 0.15) is 40.2 Å². The molecular weight excluding hydrogens is 401 g/mol. The van der Waals surface area contributed by atoms with Crippen molar-refractivity contribution in [3.05, 3.63) is 86.5 Å². The van der Waals surface area contributed by atoms with Crippen molar-refractivity contribution < 1.29 is 9.18 Å². The second kappa shape index (κ2) is 8.07. The number of thioether (sulfide) groups is 1. The molecule has 2 aromatic carbocycles. The van der Waals surface area contributed by atoms with E-state index in [1.54, 1.807) is 23.7 Å². The van der Waals surface area contributed by atoms with E-state index in [2.05, 4.69) is 16.4 Å². The first-order valence-corrected chi connectivity index (χ1v) is 10.7. The summed E-state index contributed by atoms with van der Waals surface area (Å²) in [6.07, 6.45) is 0.218. The van der Waals surface area contributed by atoms with Crippen LogP contribution in [0.25, 0.3) is 0 Å². The van der Waals surface area contributed by atoms with Crippen LogP contribution in [0.4, 0.5) is 10.2 Å². The van der Waals surface area contributed by atoms with E-state index in [0.29, 0.717) is 22.3 Å². The monoisotopic (exact) mass is 423 g/mol. The second-order valence-corrected chi connectivity index (χ2v) is 8.54. The van der Waals surface area contributed by atoms with Crippen LogP contribution in [0.3, 0.4) is 0 Å². The van der Waals surface area contributed by atoms with E-state index in [1.165, 1.54) is 23.9 Å². The summed E-state index contributed by atoms with van der Waals surface area (Å²) in [4.78, 5) is 29.8. The predicted octanol–water partition coefficient (Wildman–Crippen LogP) is 4.30. The molecule has 0 bridgehead atoms. The highest BCUT2D eigenvalue weighted by Gasteiger charge is 2.32. The molecule has 154 valence electrons. The molecule has 4 rings (SSSR count). The van der Waals surface area contributed by atoms with Gasteiger partial charge in [0.05, 0.1) is 5.56 Å². The first-order valence-electron chi connectivity index (χ1n) is 9.68. The molecule has 0 unspecified atom stereocenters. The van der Waals surface area contributed by atoms with Crippen LogP contribution in [-0.2, 0) is 17.6 Å².